The standard InChI is InChI=1S/C18H21N3O5/c1-2-25-14-8-4-3-7-13(14)17(23)19-11-5-10-16(22)20-21-18(24)15-9-6-12-26-15/h3-4,6-9,12H,2,5,10-11H2,1H3,(H,19,23)(H,20,22)(H,21,24). The van der Waals surface area contributed by atoms with E-state index in [1.54, 1.807) is 30.3 Å². The molecule has 0 aliphatic heterocycles. The first kappa shape index (κ1) is 19.0. The van der Waals surface area contributed by atoms with Gasteiger partial charge in [-0.05, 0) is 37.6 Å². The summed E-state index contributed by atoms with van der Waals surface area (Å²) in [6, 6.07) is 10.0. The van der Waals surface area contributed by atoms with Crippen molar-refractivity contribution in [2.75, 3.05) is 13.2 Å². The maximum Gasteiger partial charge on any atom is 0.305 e. The van der Waals surface area contributed by atoms with E-state index in [2.05, 4.69) is 16.2 Å². The van der Waals surface area contributed by atoms with Gasteiger partial charge < -0.3 is 14.5 Å². The minimum Gasteiger partial charge on any atom is -0.493 e. The highest BCUT2D eigenvalue weighted by Gasteiger charge is 2.12. The van der Waals surface area contributed by atoms with E-state index in [-0.39, 0.29) is 24.0 Å². The largest absolute Gasteiger partial charge is 0.493 e. The van der Waals surface area contributed by atoms with Crippen LogP contribution < -0.4 is 20.9 Å². The summed E-state index contributed by atoms with van der Waals surface area (Å²) >= 11 is 0. The fourth-order valence-corrected chi connectivity index (χ4v) is 2.14. The molecule has 0 fully saturated rings. The number of furan rings is 1. The Kier molecular flexibility index (Phi) is 7.23. The highest BCUT2D eigenvalue weighted by molar-refractivity contribution is 5.97. The molecule has 0 aliphatic carbocycles. The zero-order chi connectivity index (χ0) is 18.8. The maximum absolute atomic E-state index is 12.2. The summed E-state index contributed by atoms with van der Waals surface area (Å²) in [4.78, 5) is 35.4. The molecule has 8 heteroatoms. The highest BCUT2D eigenvalue weighted by Crippen LogP contribution is 2.17. The number of ether oxygens (including phenoxy) is 1. The van der Waals surface area contributed by atoms with Crippen LogP contribution in [0, 0.1) is 0 Å². The predicted octanol–water partition coefficient (Wildman–Crippen LogP) is 1.65. The summed E-state index contributed by atoms with van der Waals surface area (Å²) in [5, 5.41) is 2.74. The summed E-state index contributed by atoms with van der Waals surface area (Å²) < 4.78 is 10.3. The van der Waals surface area contributed by atoms with Gasteiger partial charge in [-0.25, -0.2) is 0 Å². The van der Waals surface area contributed by atoms with Crippen LogP contribution >= 0.6 is 0 Å². The van der Waals surface area contributed by atoms with Crippen molar-refractivity contribution >= 4 is 17.7 Å². The lowest BCUT2D eigenvalue weighted by molar-refractivity contribution is -0.121. The van der Waals surface area contributed by atoms with Crippen LogP contribution in [0.1, 0.15) is 40.7 Å². The average molecular weight is 359 g/mol. The van der Waals surface area contributed by atoms with Crippen LogP contribution in [-0.2, 0) is 4.79 Å². The second kappa shape index (κ2) is 9.87. The lowest BCUT2D eigenvalue weighted by atomic mass is 10.2. The SMILES string of the molecule is CCOc1ccccc1C(=O)NCCCC(=O)NNC(=O)c1ccco1. The Morgan fingerprint density at radius 1 is 1.04 bits per heavy atom. The number of para-hydroxylation sites is 1. The highest BCUT2D eigenvalue weighted by atomic mass is 16.5. The molecule has 0 saturated heterocycles. The van der Waals surface area contributed by atoms with E-state index >= 15 is 0 Å². The Balaban J connectivity index is 1.67. The van der Waals surface area contributed by atoms with Gasteiger partial charge in [0.2, 0.25) is 5.91 Å². The normalized spacial score (nSPS) is 10.0. The molecule has 0 saturated carbocycles. The Morgan fingerprint density at radius 2 is 1.85 bits per heavy atom. The molecular weight excluding hydrogens is 338 g/mol. The van der Waals surface area contributed by atoms with Crippen LogP contribution in [0.3, 0.4) is 0 Å². The van der Waals surface area contributed by atoms with Crippen LogP contribution in [-0.4, -0.2) is 30.9 Å². The van der Waals surface area contributed by atoms with Gasteiger partial charge >= 0.3 is 5.91 Å². The topological polar surface area (TPSA) is 110 Å². The van der Waals surface area contributed by atoms with E-state index in [4.69, 9.17) is 9.15 Å². The number of amides is 3. The van der Waals surface area contributed by atoms with Crippen LogP contribution in [0.4, 0.5) is 0 Å². The van der Waals surface area contributed by atoms with Gasteiger partial charge in [-0.15, -0.1) is 0 Å². The van der Waals surface area contributed by atoms with E-state index in [0.717, 1.165) is 0 Å². The summed E-state index contributed by atoms with van der Waals surface area (Å²) in [7, 11) is 0. The van der Waals surface area contributed by atoms with Crippen LogP contribution in [0.5, 0.6) is 5.75 Å². The number of rotatable bonds is 8. The molecule has 8 nitrogen and oxygen atoms in total. The Bertz CT molecular complexity index is 743. The molecule has 0 bridgehead atoms. The zero-order valence-electron chi connectivity index (χ0n) is 14.4. The molecule has 0 spiro atoms. The minimum absolute atomic E-state index is 0.102. The maximum atomic E-state index is 12.2. The monoisotopic (exact) mass is 359 g/mol. The van der Waals surface area contributed by atoms with Gasteiger partial charge in [-0.2, -0.15) is 0 Å². The van der Waals surface area contributed by atoms with Crippen molar-refractivity contribution in [1.29, 1.82) is 0 Å². The molecular formula is C18H21N3O5. The quantitative estimate of drug-likeness (QED) is 0.490. The molecule has 3 amide bonds. The van der Waals surface area contributed by atoms with Gasteiger partial charge in [0.25, 0.3) is 5.91 Å². The van der Waals surface area contributed by atoms with Gasteiger partial charge in [0.1, 0.15) is 5.75 Å². The predicted molar refractivity (Wildman–Crippen MR) is 93.5 cm³/mol. The Labute approximate surface area is 150 Å². The molecule has 0 atom stereocenters. The lowest BCUT2D eigenvalue weighted by Crippen LogP contribution is -2.41. The van der Waals surface area contributed by atoms with E-state index in [9.17, 15) is 14.4 Å². The van der Waals surface area contributed by atoms with E-state index in [1.165, 1.54) is 12.3 Å². The van der Waals surface area contributed by atoms with Crippen molar-refractivity contribution in [3.05, 3.63) is 54.0 Å². The van der Waals surface area contributed by atoms with Gasteiger partial charge in [-0.3, -0.25) is 25.2 Å². The number of benzene rings is 1. The van der Waals surface area contributed by atoms with E-state index in [0.29, 0.717) is 30.9 Å². The second-order valence-electron chi connectivity index (χ2n) is 5.27. The third kappa shape index (κ3) is 5.66. The number of carbonyl (C=O) groups is 3. The third-order valence-electron chi connectivity index (χ3n) is 3.36. The number of carbonyl (C=O) groups excluding carboxylic acids is 3. The van der Waals surface area contributed by atoms with Gasteiger partial charge in [0.15, 0.2) is 5.76 Å². The molecule has 1 aromatic heterocycles. The molecule has 0 unspecified atom stereocenters. The van der Waals surface area contributed by atoms with Crippen molar-refractivity contribution in [2.24, 2.45) is 0 Å². The average Bonchev–Trinajstić information content (AvgIpc) is 3.18. The van der Waals surface area contributed by atoms with Crippen LogP contribution in [0.25, 0.3) is 0 Å². The van der Waals surface area contributed by atoms with Crippen molar-refractivity contribution < 1.29 is 23.5 Å². The van der Waals surface area contributed by atoms with Gasteiger partial charge in [-0.1, -0.05) is 12.1 Å². The summed E-state index contributed by atoms with van der Waals surface area (Å²) in [5.74, 6) is -0.546. The van der Waals surface area contributed by atoms with Crippen molar-refractivity contribution in [3.63, 3.8) is 0 Å². The van der Waals surface area contributed by atoms with E-state index < -0.39 is 5.91 Å². The Hall–Kier alpha value is -3.29. The fourth-order valence-electron chi connectivity index (χ4n) is 2.14. The number of nitrogens with one attached hydrogen (secondary N) is 3. The van der Waals surface area contributed by atoms with Crippen LogP contribution in [0.2, 0.25) is 0 Å². The minimum atomic E-state index is -0.538. The van der Waals surface area contributed by atoms with Crippen LogP contribution in [0.15, 0.2) is 47.1 Å². The van der Waals surface area contributed by atoms with Crippen molar-refractivity contribution in [2.45, 2.75) is 19.8 Å². The summed E-state index contributed by atoms with van der Waals surface area (Å²) in [6.45, 7) is 2.63. The second-order valence-corrected chi connectivity index (χ2v) is 5.27. The lowest BCUT2D eigenvalue weighted by Gasteiger charge is -2.10. The first-order valence-corrected chi connectivity index (χ1v) is 8.24. The zero-order valence-corrected chi connectivity index (χ0v) is 14.4. The number of hydrogen-bond acceptors (Lipinski definition) is 5. The van der Waals surface area contributed by atoms with E-state index in [1.807, 2.05) is 6.92 Å². The fraction of sp³-hybridized carbons (Fsp3) is 0.278. The molecule has 2 aromatic rings. The smallest absolute Gasteiger partial charge is 0.305 e. The summed E-state index contributed by atoms with van der Waals surface area (Å²) in [6.07, 6.45) is 1.93. The molecule has 3 N–H and O–H groups in total. The molecule has 26 heavy (non-hydrogen) atoms. The summed E-state index contributed by atoms with van der Waals surface area (Å²) in [5.41, 5.74) is 4.98. The number of hydrogen-bond donors (Lipinski definition) is 3. The molecule has 138 valence electrons. The van der Waals surface area contributed by atoms with Gasteiger partial charge in [0.05, 0.1) is 18.4 Å². The first-order valence-electron chi connectivity index (χ1n) is 8.24. The molecule has 1 heterocycles. The first-order chi connectivity index (χ1) is 12.6. The van der Waals surface area contributed by atoms with Gasteiger partial charge in [0, 0.05) is 13.0 Å². The van der Waals surface area contributed by atoms with Crippen molar-refractivity contribution in [3.8, 4) is 5.75 Å². The Morgan fingerprint density at radius 3 is 2.58 bits per heavy atom. The van der Waals surface area contributed by atoms with Crippen molar-refractivity contribution in [1.82, 2.24) is 16.2 Å². The third-order valence-corrected chi connectivity index (χ3v) is 3.36. The molecule has 0 aliphatic rings. The molecule has 1 aromatic carbocycles. The number of hydrazine groups is 1. The molecule has 0 radical (unpaired) electrons. The molecule has 2 rings (SSSR count).